The number of ether oxygens (including phenoxy) is 2. The van der Waals surface area contributed by atoms with Crippen molar-refractivity contribution in [2.75, 3.05) is 24.7 Å². The lowest BCUT2D eigenvalue weighted by atomic mass is 10.0. The van der Waals surface area contributed by atoms with Crippen LogP contribution in [-0.4, -0.2) is 36.7 Å². The van der Waals surface area contributed by atoms with Crippen molar-refractivity contribution in [2.24, 2.45) is 0 Å². The maximum atomic E-state index is 12.9. The number of carboxylic acids is 1. The number of rotatable bonds is 8. The molecule has 1 aliphatic rings. The number of hydrogen-bond acceptors (Lipinski definition) is 4. The van der Waals surface area contributed by atoms with E-state index in [0.717, 1.165) is 23.2 Å². The van der Waals surface area contributed by atoms with E-state index in [0.29, 0.717) is 30.2 Å². The summed E-state index contributed by atoms with van der Waals surface area (Å²) in [5.74, 6) is -0.274. The molecule has 1 amide bonds. The maximum Gasteiger partial charge on any atom is 0.341 e. The van der Waals surface area contributed by atoms with Crippen LogP contribution in [0.15, 0.2) is 42.5 Å². The van der Waals surface area contributed by atoms with Crippen LogP contribution in [0.2, 0.25) is 0 Å². The summed E-state index contributed by atoms with van der Waals surface area (Å²) < 4.78 is 10.9. The van der Waals surface area contributed by atoms with Gasteiger partial charge < -0.3 is 19.5 Å². The molecule has 6 heteroatoms. The number of para-hydroxylation sites is 1. The monoisotopic (exact) mass is 381 g/mol. The Morgan fingerprint density at radius 2 is 1.89 bits per heavy atom. The molecule has 3 rings (SSSR count). The van der Waals surface area contributed by atoms with Gasteiger partial charge in [0.1, 0.15) is 0 Å². The Morgan fingerprint density at radius 3 is 2.61 bits per heavy atom. The lowest BCUT2D eigenvalue weighted by Gasteiger charge is -2.15. The maximum absolute atomic E-state index is 12.9. The Bertz CT molecular complexity index is 919. The summed E-state index contributed by atoms with van der Waals surface area (Å²) in [5, 5.41) is 8.81. The first-order valence-electron chi connectivity index (χ1n) is 9.29. The third-order valence-corrected chi connectivity index (χ3v) is 4.34. The Labute approximate surface area is 164 Å². The first-order valence-corrected chi connectivity index (χ1v) is 9.29. The molecule has 0 aliphatic carbocycles. The van der Waals surface area contributed by atoms with E-state index in [1.165, 1.54) is 0 Å². The zero-order valence-electron chi connectivity index (χ0n) is 16.0. The molecular weight excluding hydrogens is 358 g/mol. The van der Waals surface area contributed by atoms with Crippen molar-refractivity contribution in [1.29, 1.82) is 0 Å². The number of carbonyl (C=O) groups excluding carboxylic acids is 1. The van der Waals surface area contributed by atoms with Crippen molar-refractivity contribution in [3.05, 3.63) is 53.6 Å². The minimum absolute atomic E-state index is 0.0211. The first kappa shape index (κ1) is 19.5. The van der Waals surface area contributed by atoms with Gasteiger partial charge >= 0.3 is 5.97 Å². The van der Waals surface area contributed by atoms with E-state index < -0.39 is 12.6 Å². The lowest BCUT2D eigenvalue weighted by molar-refractivity contribution is -0.139. The van der Waals surface area contributed by atoms with Gasteiger partial charge in [-0.05, 0) is 43.2 Å². The van der Waals surface area contributed by atoms with Gasteiger partial charge in [-0.25, -0.2) is 4.79 Å². The minimum Gasteiger partial charge on any atom is -0.490 e. The van der Waals surface area contributed by atoms with Crippen molar-refractivity contribution < 1.29 is 24.2 Å². The van der Waals surface area contributed by atoms with Gasteiger partial charge in [0.05, 0.1) is 12.3 Å². The Balaban J connectivity index is 1.97. The summed E-state index contributed by atoms with van der Waals surface area (Å²) in [6.07, 6.45) is 2.71. The number of fused-ring (bicyclic) bond motifs is 1. The summed E-state index contributed by atoms with van der Waals surface area (Å²) >= 11 is 0. The number of carboxylic acid groups (broad SMARTS) is 1. The molecule has 28 heavy (non-hydrogen) atoms. The quantitative estimate of drug-likeness (QED) is 0.703. The summed E-state index contributed by atoms with van der Waals surface area (Å²) in [7, 11) is 0. The molecule has 1 heterocycles. The molecule has 0 aromatic heterocycles. The highest BCUT2D eigenvalue weighted by atomic mass is 16.5. The minimum atomic E-state index is -1.06. The average Bonchev–Trinajstić information content (AvgIpc) is 2.94. The third kappa shape index (κ3) is 4.01. The van der Waals surface area contributed by atoms with E-state index >= 15 is 0 Å². The van der Waals surface area contributed by atoms with Gasteiger partial charge in [0, 0.05) is 17.7 Å². The fourth-order valence-corrected chi connectivity index (χ4v) is 3.20. The molecule has 0 atom stereocenters. The van der Waals surface area contributed by atoms with Crippen LogP contribution in [0.4, 0.5) is 5.69 Å². The summed E-state index contributed by atoms with van der Waals surface area (Å²) in [6, 6.07) is 13.0. The molecule has 0 fully saturated rings. The Morgan fingerprint density at radius 1 is 1.11 bits per heavy atom. The molecule has 1 aliphatic heterocycles. The fourth-order valence-electron chi connectivity index (χ4n) is 3.20. The van der Waals surface area contributed by atoms with Crippen LogP contribution in [0.25, 0.3) is 11.6 Å². The van der Waals surface area contributed by atoms with Gasteiger partial charge in [0.2, 0.25) is 0 Å². The second-order valence-corrected chi connectivity index (χ2v) is 6.35. The van der Waals surface area contributed by atoms with Crippen molar-refractivity contribution in [2.45, 2.75) is 20.3 Å². The number of amides is 1. The number of benzene rings is 2. The van der Waals surface area contributed by atoms with Crippen molar-refractivity contribution in [1.82, 2.24) is 0 Å². The van der Waals surface area contributed by atoms with E-state index in [4.69, 9.17) is 14.6 Å². The Hall–Kier alpha value is -3.28. The average molecular weight is 381 g/mol. The summed E-state index contributed by atoms with van der Waals surface area (Å²) in [4.78, 5) is 25.5. The van der Waals surface area contributed by atoms with Crippen LogP contribution in [0, 0.1) is 0 Å². The molecule has 2 aromatic carbocycles. The molecule has 146 valence electrons. The van der Waals surface area contributed by atoms with Crippen molar-refractivity contribution in [3.8, 4) is 11.5 Å². The lowest BCUT2D eigenvalue weighted by Crippen LogP contribution is -2.26. The van der Waals surface area contributed by atoms with Gasteiger partial charge in [0.25, 0.3) is 5.91 Å². The fraction of sp³-hybridized carbons (Fsp3) is 0.273. The highest BCUT2D eigenvalue weighted by Gasteiger charge is 2.31. The van der Waals surface area contributed by atoms with Crippen LogP contribution < -0.4 is 14.4 Å². The highest BCUT2D eigenvalue weighted by Crippen LogP contribution is 2.38. The van der Waals surface area contributed by atoms with Gasteiger partial charge in [0.15, 0.2) is 18.1 Å². The number of aliphatic carboxylic acids is 1. The predicted molar refractivity (Wildman–Crippen MR) is 108 cm³/mol. The molecule has 0 unspecified atom stereocenters. The van der Waals surface area contributed by atoms with Gasteiger partial charge in [-0.1, -0.05) is 31.2 Å². The molecule has 0 spiro atoms. The van der Waals surface area contributed by atoms with E-state index in [1.54, 1.807) is 23.1 Å². The topological polar surface area (TPSA) is 76.1 Å². The molecule has 1 N–H and O–H groups in total. The summed E-state index contributed by atoms with van der Waals surface area (Å²) in [6.45, 7) is 4.51. The number of carbonyl (C=O) groups is 2. The van der Waals surface area contributed by atoms with E-state index in [-0.39, 0.29) is 5.91 Å². The van der Waals surface area contributed by atoms with Gasteiger partial charge in [-0.15, -0.1) is 0 Å². The van der Waals surface area contributed by atoms with E-state index in [1.807, 2.05) is 44.2 Å². The number of nitrogens with zero attached hydrogens (tertiary/aromatic N) is 1. The van der Waals surface area contributed by atoms with Crippen molar-refractivity contribution >= 4 is 29.2 Å². The van der Waals surface area contributed by atoms with Crippen LogP contribution in [0.5, 0.6) is 11.5 Å². The zero-order valence-corrected chi connectivity index (χ0v) is 16.0. The molecule has 0 radical (unpaired) electrons. The summed E-state index contributed by atoms with van der Waals surface area (Å²) in [5.41, 5.74) is 3.24. The predicted octanol–water partition coefficient (Wildman–Crippen LogP) is 3.85. The number of anilines is 1. The van der Waals surface area contributed by atoms with Crippen molar-refractivity contribution in [3.63, 3.8) is 0 Å². The van der Waals surface area contributed by atoms with E-state index in [2.05, 4.69) is 0 Å². The smallest absolute Gasteiger partial charge is 0.341 e. The highest BCUT2D eigenvalue weighted by molar-refractivity contribution is 6.35. The third-order valence-electron chi connectivity index (χ3n) is 4.34. The van der Waals surface area contributed by atoms with Crippen LogP contribution in [0.1, 0.15) is 31.4 Å². The molecular formula is C22H23NO5. The zero-order chi connectivity index (χ0) is 20.1. The molecule has 2 aromatic rings. The molecule has 0 saturated heterocycles. The van der Waals surface area contributed by atoms with Crippen LogP contribution in [-0.2, 0) is 9.59 Å². The second kappa shape index (κ2) is 8.61. The largest absolute Gasteiger partial charge is 0.490 e. The van der Waals surface area contributed by atoms with E-state index in [9.17, 15) is 9.59 Å². The van der Waals surface area contributed by atoms with Gasteiger partial charge in [-0.2, -0.15) is 0 Å². The number of hydrogen-bond donors (Lipinski definition) is 1. The molecule has 0 saturated carbocycles. The van der Waals surface area contributed by atoms with Crippen LogP contribution >= 0.6 is 0 Å². The van der Waals surface area contributed by atoms with Crippen LogP contribution in [0.3, 0.4) is 0 Å². The van der Waals surface area contributed by atoms with Gasteiger partial charge in [-0.3, -0.25) is 4.79 Å². The standard InChI is InChI=1S/C22H23NO5/c1-3-11-23-18-8-6-5-7-16(18)17(22(23)26)12-15-9-10-19(28-14-21(24)25)20(13-15)27-4-2/h5-10,12-13H,3-4,11,14H2,1-2H3,(H,24,25)/b17-12-. The second-order valence-electron chi connectivity index (χ2n) is 6.35. The molecule has 6 nitrogen and oxygen atoms in total. The Kier molecular flexibility index (Phi) is 5.99. The SMILES string of the molecule is CCCN1C(=O)/C(=C\c2ccc(OCC(=O)O)c(OCC)c2)c2ccccc21. The first-order chi connectivity index (χ1) is 13.5. The normalized spacial score (nSPS) is 14.3. The molecule has 0 bridgehead atoms.